The van der Waals surface area contributed by atoms with Crippen LogP contribution >= 0.6 is 43.5 Å². The summed E-state index contributed by atoms with van der Waals surface area (Å²) in [7, 11) is 0. The third-order valence-electron chi connectivity index (χ3n) is 3.02. The van der Waals surface area contributed by atoms with Crippen molar-refractivity contribution in [2.24, 2.45) is 0 Å². The van der Waals surface area contributed by atoms with Crippen LogP contribution < -0.4 is 0 Å². The van der Waals surface area contributed by atoms with Gasteiger partial charge in [-0.25, -0.2) is 0 Å². The predicted molar refractivity (Wildman–Crippen MR) is 103 cm³/mol. The van der Waals surface area contributed by atoms with E-state index in [1.165, 1.54) is 0 Å². The Morgan fingerprint density at radius 1 is 0.875 bits per heavy atom. The van der Waals surface area contributed by atoms with Gasteiger partial charge in [0.05, 0.1) is 0 Å². The number of carbonyl (C=O) groups is 2. The van der Waals surface area contributed by atoms with E-state index in [1.807, 2.05) is 48.5 Å². The first kappa shape index (κ1) is 20.9. The number of carbonyl (C=O) groups excluding carboxylic acids is 1. The SMILES string of the molecule is O=C(Cl)CCc1cccc(Br)c1.O=C(O)CCc1cccc(Br)c1. The Balaban J connectivity index is 0.000000240. The van der Waals surface area contributed by atoms with Crippen molar-refractivity contribution in [1.82, 2.24) is 0 Å². The van der Waals surface area contributed by atoms with Crippen molar-refractivity contribution in [2.45, 2.75) is 25.7 Å². The van der Waals surface area contributed by atoms with Gasteiger partial charge in [0.25, 0.3) is 0 Å². The first-order chi connectivity index (χ1) is 11.4. The van der Waals surface area contributed by atoms with Gasteiger partial charge in [-0.05, 0) is 59.8 Å². The van der Waals surface area contributed by atoms with Crippen LogP contribution in [-0.2, 0) is 22.4 Å². The van der Waals surface area contributed by atoms with E-state index < -0.39 is 5.97 Å². The van der Waals surface area contributed by atoms with Gasteiger partial charge in [-0.3, -0.25) is 9.59 Å². The fourth-order valence-electron chi connectivity index (χ4n) is 1.88. The maximum Gasteiger partial charge on any atom is 0.303 e. The zero-order chi connectivity index (χ0) is 17.9. The van der Waals surface area contributed by atoms with Crippen molar-refractivity contribution in [3.8, 4) is 0 Å². The smallest absolute Gasteiger partial charge is 0.303 e. The predicted octanol–water partition coefficient (Wildman–Crippen LogP) is 5.61. The summed E-state index contributed by atoms with van der Waals surface area (Å²) < 4.78 is 2.02. The molecule has 0 aromatic heterocycles. The maximum atomic E-state index is 10.5. The lowest BCUT2D eigenvalue weighted by molar-refractivity contribution is -0.137. The van der Waals surface area contributed by atoms with E-state index in [1.54, 1.807) is 0 Å². The summed E-state index contributed by atoms with van der Waals surface area (Å²) >= 11 is 11.9. The second-order valence-corrected chi connectivity index (χ2v) is 7.26. The molecule has 3 nitrogen and oxygen atoms in total. The first-order valence-electron chi connectivity index (χ1n) is 7.26. The summed E-state index contributed by atoms with van der Waals surface area (Å²) in [5, 5.41) is 8.15. The normalized spacial score (nSPS) is 9.79. The molecule has 0 saturated heterocycles. The van der Waals surface area contributed by atoms with Gasteiger partial charge in [0.15, 0.2) is 0 Å². The van der Waals surface area contributed by atoms with Gasteiger partial charge >= 0.3 is 5.97 Å². The van der Waals surface area contributed by atoms with Crippen molar-refractivity contribution in [2.75, 3.05) is 0 Å². The van der Waals surface area contributed by atoms with Gasteiger partial charge in [-0.1, -0.05) is 56.1 Å². The van der Waals surface area contributed by atoms with Gasteiger partial charge in [0.1, 0.15) is 0 Å². The van der Waals surface area contributed by atoms with Crippen LogP contribution in [0.25, 0.3) is 0 Å². The van der Waals surface area contributed by atoms with Crippen LogP contribution in [0.5, 0.6) is 0 Å². The summed E-state index contributed by atoms with van der Waals surface area (Å²) in [6.07, 6.45) is 1.89. The molecule has 0 spiro atoms. The summed E-state index contributed by atoms with van der Waals surface area (Å²) in [6.45, 7) is 0. The van der Waals surface area contributed by atoms with Gasteiger partial charge in [0, 0.05) is 21.8 Å². The topological polar surface area (TPSA) is 54.4 Å². The summed E-state index contributed by atoms with van der Waals surface area (Å²) in [5.41, 5.74) is 2.17. The number of aliphatic carboxylic acids is 1. The highest BCUT2D eigenvalue weighted by atomic mass is 79.9. The first-order valence-corrected chi connectivity index (χ1v) is 9.22. The van der Waals surface area contributed by atoms with Crippen LogP contribution in [-0.4, -0.2) is 16.3 Å². The average Bonchev–Trinajstić information content (AvgIpc) is 2.52. The van der Waals surface area contributed by atoms with Crippen LogP contribution in [0.2, 0.25) is 0 Å². The molecular formula is C18H17Br2ClO3. The quantitative estimate of drug-likeness (QED) is 0.551. The molecule has 0 amide bonds. The number of carboxylic acids is 1. The molecule has 2 aromatic rings. The number of hydrogen-bond donors (Lipinski definition) is 1. The van der Waals surface area contributed by atoms with Crippen LogP contribution in [0.15, 0.2) is 57.5 Å². The molecule has 128 valence electrons. The second kappa shape index (κ2) is 11.4. The van der Waals surface area contributed by atoms with Crippen molar-refractivity contribution in [1.29, 1.82) is 0 Å². The minimum Gasteiger partial charge on any atom is -0.481 e. The van der Waals surface area contributed by atoms with Gasteiger partial charge in [-0.2, -0.15) is 0 Å². The minimum atomic E-state index is -0.755. The second-order valence-electron chi connectivity index (χ2n) is 5.01. The van der Waals surface area contributed by atoms with E-state index in [2.05, 4.69) is 31.9 Å². The van der Waals surface area contributed by atoms with E-state index in [9.17, 15) is 9.59 Å². The number of halogens is 3. The molecular weight excluding hydrogens is 459 g/mol. The van der Waals surface area contributed by atoms with Crippen molar-refractivity contribution in [3.63, 3.8) is 0 Å². The van der Waals surface area contributed by atoms with E-state index in [4.69, 9.17) is 16.7 Å². The van der Waals surface area contributed by atoms with Gasteiger partial charge in [-0.15, -0.1) is 0 Å². The van der Waals surface area contributed by atoms with Crippen molar-refractivity contribution in [3.05, 3.63) is 68.6 Å². The van der Waals surface area contributed by atoms with E-state index in [0.717, 1.165) is 20.1 Å². The monoisotopic (exact) mass is 474 g/mol. The number of aryl methyl sites for hydroxylation is 2. The Kier molecular flexibility index (Phi) is 9.91. The highest BCUT2D eigenvalue weighted by Gasteiger charge is 1.99. The molecule has 0 fully saturated rings. The average molecular weight is 477 g/mol. The van der Waals surface area contributed by atoms with Crippen LogP contribution in [0.1, 0.15) is 24.0 Å². The van der Waals surface area contributed by atoms with Crippen LogP contribution in [0, 0.1) is 0 Å². The zero-order valence-corrected chi connectivity index (χ0v) is 16.8. The molecule has 0 saturated carbocycles. The van der Waals surface area contributed by atoms with Crippen molar-refractivity contribution < 1.29 is 14.7 Å². The third-order valence-corrected chi connectivity index (χ3v) is 4.19. The summed E-state index contributed by atoms with van der Waals surface area (Å²) in [6, 6.07) is 15.5. The molecule has 24 heavy (non-hydrogen) atoms. The Morgan fingerprint density at radius 2 is 1.33 bits per heavy atom. The van der Waals surface area contributed by atoms with Crippen LogP contribution in [0.4, 0.5) is 0 Å². The standard InChI is InChI=1S/C9H8BrClO.C9H9BrO2/c2*10-8-3-1-2-7(6-8)4-5-9(11)12/h1-3,6H,4-5H2;1-3,6H,4-5H2,(H,11,12). The lowest BCUT2D eigenvalue weighted by Gasteiger charge is -1.98. The molecule has 0 radical (unpaired) electrons. The fraction of sp³-hybridized carbons (Fsp3) is 0.222. The van der Waals surface area contributed by atoms with E-state index in [0.29, 0.717) is 19.3 Å². The third kappa shape index (κ3) is 9.85. The molecule has 0 unspecified atom stereocenters. The fourth-order valence-corrected chi connectivity index (χ4v) is 2.87. The van der Waals surface area contributed by atoms with E-state index >= 15 is 0 Å². The molecule has 1 N–H and O–H groups in total. The zero-order valence-electron chi connectivity index (χ0n) is 12.8. The molecule has 6 heteroatoms. The highest BCUT2D eigenvalue weighted by Crippen LogP contribution is 2.13. The molecule has 2 aromatic carbocycles. The van der Waals surface area contributed by atoms with Gasteiger partial charge < -0.3 is 5.11 Å². The molecule has 0 aliphatic rings. The Bertz CT molecular complexity index is 630. The molecule has 0 aliphatic heterocycles. The summed E-state index contributed by atoms with van der Waals surface area (Å²) in [4.78, 5) is 20.7. The molecule has 0 bridgehead atoms. The largest absolute Gasteiger partial charge is 0.481 e. The Labute approximate surface area is 163 Å². The lowest BCUT2D eigenvalue weighted by atomic mass is 10.1. The summed E-state index contributed by atoms with van der Waals surface area (Å²) in [5.74, 6) is -0.755. The Morgan fingerprint density at radius 3 is 1.71 bits per heavy atom. The number of benzene rings is 2. The molecule has 0 atom stereocenters. The molecule has 2 rings (SSSR count). The van der Waals surface area contributed by atoms with E-state index in [-0.39, 0.29) is 11.7 Å². The van der Waals surface area contributed by atoms with Gasteiger partial charge in [0.2, 0.25) is 5.24 Å². The minimum absolute atomic E-state index is 0.191. The molecule has 0 heterocycles. The maximum absolute atomic E-state index is 10.5. The number of hydrogen-bond acceptors (Lipinski definition) is 2. The van der Waals surface area contributed by atoms with Crippen LogP contribution in [0.3, 0.4) is 0 Å². The Hall–Kier alpha value is -1.17. The number of carboxylic acid groups (broad SMARTS) is 1. The highest BCUT2D eigenvalue weighted by molar-refractivity contribution is 9.10. The van der Waals surface area contributed by atoms with Crippen molar-refractivity contribution >= 4 is 54.7 Å². The molecule has 0 aliphatic carbocycles. The lowest BCUT2D eigenvalue weighted by Crippen LogP contribution is -1.96. The number of rotatable bonds is 6.